The van der Waals surface area contributed by atoms with E-state index < -0.39 is 6.10 Å². The highest BCUT2D eigenvalue weighted by atomic mass is 19.1. The van der Waals surface area contributed by atoms with Crippen LogP contribution in [-0.2, 0) is 11.2 Å². The second-order valence-corrected chi connectivity index (χ2v) is 5.17. The zero-order chi connectivity index (χ0) is 14.1. The van der Waals surface area contributed by atoms with Crippen molar-refractivity contribution in [2.75, 3.05) is 26.3 Å². The minimum atomic E-state index is -0.494. The maximum atomic E-state index is 12.9. The van der Waals surface area contributed by atoms with E-state index >= 15 is 0 Å². The maximum Gasteiger partial charge on any atom is 0.123 e. The van der Waals surface area contributed by atoms with Crippen molar-refractivity contribution in [3.8, 4) is 0 Å². The van der Waals surface area contributed by atoms with Gasteiger partial charge in [0.1, 0.15) is 5.82 Å². The van der Waals surface area contributed by atoms with Crippen LogP contribution in [0.15, 0.2) is 24.3 Å². The first-order chi connectivity index (χ1) is 9.08. The Morgan fingerprint density at radius 1 is 1.32 bits per heavy atom. The van der Waals surface area contributed by atoms with Crippen molar-refractivity contribution in [1.29, 1.82) is 0 Å². The van der Waals surface area contributed by atoms with Crippen LogP contribution in [0.1, 0.15) is 19.4 Å². The van der Waals surface area contributed by atoms with Crippen molar-refractivity contribution < 1.29 is 14.2 Å². The van der Waals surface area contributed by atoms with E-state index in [1.807, 2.05) is 6.07 Å². The molecule has 0 aliphatic rings. The summed E-state index contributed by atoms with van der Waals surface area (Å²) in [5.41, 5.74) is 0.957. The minimum absolute atomic E-state index is 0.209. The summed E-state index contributed by atoms with van der Waals surface area (Å²) in [5, 5.41) is 12.8. The maximum absolute atomic E-state index is 12.9. The number of rotatable bonds is 9. The lowest BCUT2D eigenvalue weighted by Crippen LogP contribution is -2.32. The fraction of sp³-hybridized carbons (Fsp3) is 0.600. The number of hydrogen-bond donors (Lipinski definition) is 2. The molecule has 0 radical (unpaired) electrons. The van der Waals surface area contributed by atoms with Crippen LogP contribution in [0.3, 0.4) is 0 Å². The Bertz CT molecular complexity index is 358. The Morgan fingerprint density at radius 2 is 2.11 bits per heavy atom. The molecule has 2 N–H and O–H groups in total. The lowest BCUT2D eigenvalue weighted by Gasteiger charge is -2.13. The lowest BCUT2D eigenvalue weighted by atomic mass is 10.1. The van der Waals surface area contributed by atoms with E-state index in [1.54, 1.807) is 6.07 Å². The molecule has 0 aliphatic heterocycles. The van der Waals surface area contributed by atoms with Crippen molar-refractivity contribution in [1.82, 2.24) is 5.32 Å². The first-order valence-corrected chi connectivity index (χ1v) is 6.79. The smallest absolute Gasteiger partial charge is 0.123 e. The Morgan fingerprint density at radius 3 is 2.79 bits per heavy atom. The SMILES string of the molecule is CC(C)COCC(O)CNCCc1cccc(F)c1. The summed E-state index contributed by atoms with van der Waals surface area (Å²) in [6.07, 6.45) is 0.253. The Kier molecular flexibility index (Phi) is 7.63. The van der Waals surface area contributed by atoms with E-state index in [2.05, 4.69) is 19.2 Å². The molecule has 0 bridgehead atoms. The molecule has 0 spiro atoms. The fourth-order valence-corrected chi connectivity index (χ4v) is 1.69. The van der Waals surface area contributed by atoms with Crippen LogP contribution in [0.4, 0.5) is 4.39 Å². The van der Waals surface area contributed by atoms with Gasteiger partial charge in [0.05, 0.1) is 12.7 Å². The van der Waals surface area contributed by atoms with Gasteiger partial charge in [-0.05, 0) is 36.6 Å². The van der Waals surface area contributed by atoms with Crippen LogP contribution >= 0.6 is 0 Å². The summed E-state index contributed by atoms with van der Waals surface area (Å²) >= 11 is 0. The average molecular weight is 269 g/mol. The van der Waals surface area contributed by atoms with Crippen molar-refractivity contribution in [2.24, 2.45) is 5.92 Å². The van der Waals surface area contributed by atoms with Crippen LogP contribution in [0.5, 0.6) is 0 Å². The molecule has 1 aromatic carbocycles. The predicted octanol–water partition coefficient (Wildman–Crippen LogP) is 1.99. The topological polar surface area (TPSA) is 41.5 Å². The number of nitrogens with one attached hydrogen (secondary N) is 1. The second kappa shape index (κ2) is 9.02. The Balaban J connectivity index is 2.07. The quantitative estimate of drug-likeness (QED) is 0.674. The normalized spacial score (nSPS) is 12.9. The number of aliphatic hydroxyl groups excluding tert-OH is 1. The van der Waals surface area contributed by atoms with E-state index in [0.29, 0.717) is 32.2 Å². The van der Waals surface area contributed by atoms with Crippen LogP contribution < -0.4 is 5.32 Å². The highest BCUT2D eigenvalue weighted by Crippen LogP contribution is 2.03. The summed E-state index contributed by atoms with van der Waals surface area (Å²) < 4.78 is 18.3. The van der Waals surface area contributed by atoms with E-state index in [4.69, 9.17) is 4.74 Å². The van der Waals surface area contributed by atoms with E-state index in [9.17, 15) is 9.50 Å². The van der Waals surface area contributed by atoms with Gasteiger partial charge in [-0.15, -0.1) is 0 Å². The number of benzene rings is 1. The van der Waals surface area contributed by atoms with Gasteiger partial charge in [-0.3, -0.25) is 0 Å². The lowest BCUT2D eigenvalue weighted by molar-refractivity contribution is 0.0263. The molecule has 1 unspecified atom stereocenters. The zero-order valence-corrected chi connectivity index (χ0v) is 11.7. The molecule has 1 rings (SSSR count). The molecule has 0 amide bonds. The third-order valence-corrected chi connectivity index (χ3v) is 2.62. The molecule has 108 valence electrons. The largest absolute Gasteiger partial charge is 0.389 e. The molecule has 3 nitrogen and oxygen atoms in total. The summed E-state index contributed by atoms with van der Waals surface area (Å²) in [6, 6.07) is 6.57. The van der Waals surface area contributed by atoms with E-state index in [-0.39, 0.29) is 5.82 Å². The molecule has 0 saturated heterocycles. The van der Waals surface area contributed by atoms with Gasteiger partial charge in [0, 0.05) is 13.2 Å². The van der Waals surface area contributed by atoms with Crippen LogP contribution in [-0.4, -0.2) is 37.5 Å². The first kappa shape index (κ1) is 16.1. The summed E-state index contributed by atoms with van der Waals surface area (Å²) in [4.78, 5) is 0. The van der Waals surface area contributed by atoms with Gasteiger partial charge >= 0.3 is 0 Å². The average Bonchev–Trinajstić information content (AvgIpc) is 2.34. The molecule has 0 fully saturated rings. The number of ether oxygens (including phenoxy) is 1. The molecule has 0 saturated carbocycles. The zero-order valence-electron chi connectivity index (χ0n) is 11.7. The highest BCUT2D eigenvalue weighted by Gasteiger charge is 2.04. The minimum Gasteiger partial charge on any atom is -0.389 e. The predicted molar refractivity (Wildman–Crippen MR) is 74.6 cm³/mol. The molecule has 0 heterocycles. The molecule has 0 aliphatic carbocycles. The van der Waals surface area contributed by atoms with Gasteiger partial charge < -0.3 is 15.2 Å². The van der Waals surface area contributed by atoms with Gasteiger partial charge in [0.15, 0.2) is 0 Å². The third-order valence-electron chi connectivity index (χ3n) is 2.62. The first-order valence-electron chi connectivity index (χ1n) is 6.79. The number of aliphatic hydroxyl groups is 1. The molecular weight excluding hydrogens is 245 g/mol. The molecule has 0 aromatic heterocycles. The van der Waals surface area contributed by atoms with Crippen molar-refractivity contribution in [2.45, 2.75) is 26.4 Å². The second-order valence-electron chi connectivity index (χ2n) is 5.17. The summed E-state index contributed by atoms with van der Waals surface area (Å²) in [7, 11) is 0. The van der Waals surface area contributed by atoms with Crippen LogP contribution in [0, 0.1) is 11.7 Å². The van der Waals surface area contributed by atoms with Crippen LogP contribution in [0.25, 0.3) is 0 Å². The number of halogens is 1. The standard InChI is InChI=1S/C15H24FNO2/c1-12(2)10-19-11-15(18)9-17-7-6-13-4-3-5-14(16)8-13/h3-5,8,12,15,17-18H,6-7,9-11H2,1-2H3. The van der Waals surface area contributed by atoms with Crippen molar-refractivity contribution >= 4 is 0 Å². The van der Waals surface area contributed by atoms with Crippen LogP contribution in [0.2, 0.25) is 0 Å². The fourth-order valence-electron chi connectivity index (χ4n) is 1.69. The van der Waals surface area contributed by atoms with Gasteiger partial charge in [-0.2, -0.15) is 0 Å². The highest BCUT2D eigenvalue weighted by molar-refractivity contribution is 5.16. The summed E-state index contributed by atoms with van der Waals surface area (Å²) in [5.74, 6) is 0.271. The molecule has 1 atom stereocenters. The van der Waals surface area contributed by atoms with Gasteiger partial charge in [0.2, 0.25) is 0 Å². The Labute approximate surface area is 114 Å². The molecule has 1 aromatic rings. The third kappa shape index (κ3) is 7.93. The Hall–Kier alpha value is -0.970. The van der Waals surface area contributed by atoms with Gasteiger partial charge in [-0.1, -0.05) is 26.0 Å². The monoisotopic (exact) mass is 269 g/mol. The molecule has 19 heavy (non-hydrogen) atoms. The van der Waals surface area contributed by atoms with Crippen molar-refractivity contribution in [3.05, 3.63) is 35.6 Å². The van der Waals surface area contributed by atoms with E-state index in [0.717, 1.165) is 12.0 Å². The van der Waals surface area contributed by atoms with Crippen molar-refractivity contribution in [3.63, 3.8) is 0 Å². The van der Waals surface area contributed by atoms with Gasteiger partial charge in [-0.25, -0.2) is 4.39 Å². The van der Waals surface area contributed by atoms with E-state index in [1.165, 1.54) is 12.1 Å². The number of hydrogen-bond acceptors (Lipinski definition) is 3. The summed E-state index contributed by atoms with van der Waals surface area (Å²) in [6.45, 7) is 6.37. The van der Waals surface area contributed by atoms with Gasteiger partial charge in [0.25, 0.3) is 0 Å². The molecule has 4 heteroatoms. The molecular formula is C15H24FNO2.